The van der Waals surface area contributed by atoms with Crippen molar-refractivity contribution in [1.29, 1.82) is 0 Å². The number of H-pyrrole nitrogens is 2. The molecule has 4 aromatic heterocycles. The molecule has 0 aliphatic heterocycles. The van der Waals surface area contributed by atoms with Crippen LogP contribution in [0.15, 0.2) is 58.8 Å². The van der Waals surface area contributed by atoms with E-state index in [1.807, 2.05) is 0 Å². The standard InChI is InChI=1S/C18H18F2N4O5S.C17H18F2N4O4S/c1-9-4-5-11-12(8-21-15(11)14(9)17(25)29-3)30(26,27)24-18-22-7-10(6-13(19)20)16(23-18)28-2;1-9-3-4-11-13(7-20-15(11)12(9)8-24)28(25,26)23-17-21-6-10(5-14(18)19)16(22-17)27-2/h4-5,7-8,13,21H,6H2,1-3H3,(H,22,23,24);3-4,6-7,14,20,24H,5,8H2,1-2H3,(H,21,22,23). The van der Waals surface area contributed by atoms with E-state index in [2.05, 4.69) is 39.3 Å². The molecule has 0 saturated heterocycles. The number of ether oxygens (including phenoxy) is 3. The third-order valence-corrected chi connectivity index (χ3v) is 11.3. The second-order valence-electron chi connectivity index (χ2n) is 12.3. The Bertz CT molecular complexity index is 2690. The molecule has 0 fully saturated rings. The normalized spacial score (nSPS) is 11.8. The van der Waals surface area contributed by atoms with Crippen LogP contribution in [0.2, 0.25) is 0 Å². The van der Waals surface area contributed by atoms with Crippen molar-refractivity contribution in [2.45, 2.75) is 55.9 Å². The minimum atomic E-state index is -4.18. The molecule has 0 bridgehead atoms. The fourth-order valence-electron chi connectivity index (χ4n) is 5.83. The van der Waals surface area contributed by atoms with Gasteiger partial charge in [-0.05, 0) is 25.0 Å². The van der Waals surface area contributed by atoms with Crippen LogP contribution in [-0.4, -0.2) is 92.0 Å². The lowest BCUT2D eigenvalue weighted by Gasteiger charge is -2.10. The van der Waals surface area contributed by atoms with E-state index in [0.29, 0.717) is 27.5 Å². The maximum absolute atomic E-state index is 12.9. The van der Waals surface area contributed by atoms with Crippen molar-refractivity contribution in [2.24, 2.45) is 0 Å². The zero-order valence-electron chi connectivity index (χ0n) is 31.2. The van der Waals surface area contributed by atoms with Crippen LogP contribution in [0.3, 0.4) is 0 Å². The van der Waals surface area contributed by atoms with Crippen LogP contribution in [-0.2, 0) is 44.2 Å². The van der Waals surface area contributed by atoms with Crippen molar-refractivity contribution in [3.63, 3.8) is 0 Å². The number of aromatic amines is 2. The Balaban J connectivity index is 0.000000221. The van der Waals surface area contributed by atoms with Gasteiger partial charge in [0.2, 0.25) is 36.5 Å². The Hall–Kier alpha value is -6.07. The molecule has 4 heterocycles. The van der Waals surface area contributed by atoms with Crippen LogP contribution in [0.5, 0.6) is 11.8 Å². The average molecular weight is 853 g/mol. The fourth-order valence-corrected chi connectivity index (χ4v) is 8.07. The predicted octanol–water partition coefficient (Wildman–Crippen LogP) is 5.05. The molecule has 6 rings (SSSR count). The molecular weight excluding hydrogens is 817 g/mol. The van der Waals surface area contributed by atoms with Crippen LogP contribution < -0.4 is 18.9 Å². The number of hydrogen-bond donors (Lipinski definition) is 5. The first-order chi connectivity index (χ1) is 27.4. The van der Waals surface area contributed by atoms with E-state index in [4.69, 9.17) is 14.2 Å². The number of rotatable bonds is 14. The van der Waals surface area contributed by atoms with E-state index in [0.717, 1.165) is 18.0 Å². The number of aryl methyl sites for hydroxylation is 2. The number of carbonyl (C=O) groups excluding carboxylic acids is 1. The molecule has 0 aliphatic carbocycles. The molecule has 0 spiro atoms. The van der Waals surface area contributed by atoms with Crippen LogP contribution >= 0.6 is 0 Å². The topological polar surface area (TPSA) is 240 Å². The molecule has 310 valence electrons. The highest BCUT2D eigenvalue weighted by Crippen LogP contribution is 2.31. The molecule has 58 heavy (non-hydrogen) atoms. The third kappa shape index (κ3) is 9.21. The summed E-state index contributed by atoms with van der Waals surface area (Å²) in [5, 5.41) is 10.2. The van der Waals surface area contributed by atoms with E-state index >= 15 is 0 Å². The summed E-state index contributed by atoms with van der Waals surface area (Å²) >= 11 is 0. The second kappa shape index (κ2) is 17.6. The van der Waals surface area contributed by atoms with E-state index in [1.54, 1.807) is 38.1 Å². The number of methoxy groups -OCH3 is 3. The number of fused-ring (bicyclic) bond motifs is 2. The highest BCUT2D eigenvalue weighted by atomic mass is 32.2. The Morgan fingerprint density at radius 1 is 0.741 bits per heavy atom. The summed E-state index contributed by atoms with van der Waals surface area (Å²) in [6.45, 7) is 3.25. The number of sulfonamides is 2. The number of nitrogens with one attached hydrogen (secondary N) is 4. The summed E-state index contributed by atoms with van der Waals surface area (Å²) in [7, 11) is -4.57. The fraction of sp³-hybridized carbons (Fsp3) is 0.286. The number of aliphatic hydroxyl groups excluding tert-OH is 1. The molecule has 23 heteroatoms. The van der Waals surface area contributed by atoms with Crippen molar-refractivity contribution in [3.8, 4) is 11.8 Å². The second-order valence-corrected chi connectivity index (χ2v) is 15.6. The van der Waals surface area contributed by atoms with Crippen LogP contribution in [0, 0.1) is 13.8 Å². The summed E-state index contributed by atoms with van der Waals surface area (Å²) < 4.78 is 121. The van der Waals surface area contributed by atoms with Gasteiger partial charge >= 0.3 is 5.97 Å². The Morgan fingerprint density at radius 2 is 1.19 bits per heavy atom. The number of hydrogen-bond acceptors (Lipinski definition) is 13. The van der Waals surface area contributed by atoms with Gasteiger partial charge in [-0.15, -0.1) is 0 Å². The van der Waals surface area contributed by atoms with Gasteiger partial charge in [0.15, 0.2) is 0 Å². The maximum Gasteiger partial charge on any atom is 0.340 e. The largest absolute Gasteiger partial charge is 0.481 e. The van der Waals surface area contributed by atoms with Gasteiger partial charge < -0.3 is 29.3 Å². The molecule has 17 nitrogen and oxygen atoms in total. The number of alkyl halides is 4. The predicted molar refractivity (Wildman–Crippen MR) is 202 cm³/mol. The quantitative estimate of drug-likeness (QED) is 0.0714. The summed E-state index contributed by atoms with van der Waals surface area (Å²) in [5.74, 6) is -1.56. The van der Waals surface area contributed by atoms with Crippen molar-refractivity contribution < 1.29 is 58.5 Å². The Morgan fingerprint density at radius 3 is 1.62 bits per heavy atom. The average Bonchev–Trinajstić information content (AvgIpc) is 3.81. The Labute approximate surface area is 328 Å². The van der Waals surface area contributed by atoms with Crippen molar-refractivity contribution >= 4 is 59.7 Å². The van der Waals surface area contributed by atoms with Gasteiger partial charge in [-0.25, -0.2) is 58.6 Å². The zero-order chi connectivity index (χ0) is 42.5. The first kappa shape index (κ1) is 43.1. The van der Waals surface area contributed by atoms with E-state index in [1.165, 1.54) is 33.7 Å². The van der Waals surface area contributed by atoms with Crippen LogP contribution in [0.25, 0.3) is 21.8 Å². The van der Waals surface area contributed by atoms with Gasteiger partial charge in [0.25, 0.3) is 20.0 Å². The number of aliphatic hydroxyl groups is 1. The van der Waals surface area contributed by atoms with Crippen molar-refractivity contribution in [3.05, 3.63) is 82.4 Å². The third-order valence-electron chi connectivity index (χ3n) is 8.55. The van der Waals surface area contributed by atoms with Gasteiger partial charge in [-0.1, -0.05) is 24.3 Å². The number of aromatic nitrogens is 6. The van der Waals surface area contributed by atoms with Gasteiger partial charge in [0, 0.05) is 65.1 Å². The van der Waals surface area contributed by atoms with Gasteiger partial charge in [-0.2, -0.15) is 9.97 Å². The number of carbonyl (C=O) groups is 1. The highest BCUT2D eigenvalue weighted by molar-refractivity contribution is 7.93. The monoisotopic (exact) mass is 852 g/mol. The molecule has 5 N–H and O–H groups in total. The molecule has 0 aliphatic rings. The van der Waals surface area contributed by atoms with Crippen molar-refractivity contribution in [1.82, 2.24) is 29.9 Å². The number of halogens is 4. The summed E-state index contributed by atoms with van der Waals surface area (Å²) in [4.78, 5) is 32.8. The first-order valence-corrected chi connectivity index (χ1v) is 19.7. The minimum absolute atomic E-state index is 0.0423. The molecule has 6 aromatic rings. The van der Waals surface area contributed by atoms with Gasteiger partial charge in [0.05, 0.1) is 44.5 Å². The first-order valence-electron chi connectivity index (χ1n) is 16.8. The minimum Gasteiger partial charge on any atom is -0.481 e. The van der Waals surface area contributed by atoms with Crippen LogP contribution in [0.4, 0.5) is 29.5 Å². The number of nitrogens with zero attached hydrogens (tertiary/aromatic N) is 4. The lowest BCUT2D eigenvalue weighted by molar-refractivity contribution is 0.0601. The highest BCUT2D eigenvalue weighted by Gasteiger charge is 2.26. The molecule has 0 amide bonds. The molecule has 0 saturated carbocycles. The summed E-state index contributed by atoms with van der Waals surface area (Å²) in [5.41, 5.74) is 3.14. The van der Waals surface area contributed by atoms with Crippen molar-refractivity contribution in [2.75, 3.05) is 30.8 Å². The van der Waals surface area contributed by atoms with E-state index in [-0.39, 0.29) is 62.1 Å². The lowest BCUT2D eigenvalue weighted by atomic mass is 10.1. The number of anilines is 2. The lowest BCUT2D eigenvalue weighted by Crippen LogP contribution is -2.16. The number of benzene rings is 2. The zero-order valence-corrected chi connectivity index (χ0v) is 32.9. The molecule has 2 aromatic carbocycles. The summed E-state index contributed by atoms with van der Waals surface area (Å²) in [6.07, 6.45) is -1.80. The molecule has 0 atom stereocenters. The van der Waals surface area contributed by atoms with Gasteiger partial charge in [0.1, 0.15) is 9.79 Å². The van der Waals surface area contributed by atoms with Crippen LogP contribution in [0.1, 0.15) is 38.2 Å². The van der Waals surface area contributed by atoms with E-state index < -0.39 is 51.7 Å². The Kier molecular flexibility index (Phi) is 13.1. The van der Waals surface area contributed by atoms with Gasteiger partial charge in [-0.3, -0.25) is 0 Å². The summed E-state index contributed by atoms with van der Waals surface area (Å²) in [6, 6.07) is 6.48. The SMILES string of the molecule is COC(=O)c1c(C)ccc2c(S(=O)(=O)Nc3ncc(CC(F)F)c(OC)n3)c[nH]c12.COc1nc(NS(=O)(=O)c2c[nH]c3c(CO)c(C)ccc23)ncc1CC(F)F. The smallest absolute Gasteiger partial charge is 0.340 e. The number of esters is 1. The maximum atomic E-state index is 12.9. The van der Waals surface area contributed by atoms with E-state index in [9.17, 15) is 44.3 Å². The molecular formula is C35H36F4N8O9S2. The molecule has 0 unspecified atom stereocenters. The molecule has 0 radical (unpaired) electrons.